The van der Waals surface area contributed by atoms with Crippen molar-refractivity contribution in [3.8, 4) is 0 Å². The van der Waals surface area contributed by atoms with Crippen LogP contribution in [-0.2, 0) is 12.4 Å². The number of thiocarbonyl (C=S) groups is 1. The number of fused-ring (bicyclic) bond motifs is 1. The van der Waals surface area contributed by atoms with E-state index >= 15 is 0 Å². The van der Waals surface area contributed by atoms with Crippen LogP contribution in [0.15, 0.2) is 54.6 Å². The molecule has 2 aromatic carbocycles. The van der Waals surface area contributed by atoms with E-state index in [9.17, 15) is 4.79 Å². The van der Waals surface area contributed by atoms with Crippen molar-refractivity contribution in [3.05, 3.63) is 66.0 Å². The molecule has 3 aromatic rings. The van der Waals surface area contributed by atoms with Crippen LogP contribution in [0.1, 0.15) is 30.0 Å². The van der Waals surface area contributed by atoms with Crippen molar-refractivity contribution < 1.29 is 4.79 Å². The molecule has 0 aliphatic rings. The zero-order chi connectivity index (χ0) is 19.9. The lowest BCUT2D eigenvalue weighted by Gasteiger charge is -2.20. The minimum Gasteiger partial charge on any atom is -0.358 e. The Bertz CT molecular complexity index is 951. The van der Waals surface area contributed by atoms with Gasteiger partial charge in [-0.05, 0) is 38.1 Å². The summed E-state index contributed by atoms with van der Waals surface area (Å²) >= 11 is 7.16. The van der Waals surface area contributed by atoms with Gasteiger partial charge in [0.25, 0.3) is 5.91 Å². The molecule has 0 aliphatic carbocycles. The van der Waals surface area contributed by atoms with Gasteiger partial charge in [0.15, 0.2) is 0 Å². The van der Waals surface area contributed by atoms with Crippen LogP contribution in [0.25, 0.3) is 11.0 Å². The minimum absolute atomic E-state index is 0.101. The van der Waals surface area contributed by atoms with Gasteiger partial charge in [0, 0.05) is 18.7 Å². The van der Waals surface area contributed by atoms with Crippen LogP contribution in [0, 0.1) is 0 Å². The maximum Gasteiger partial charge on any atom is 0.252 e. The van der Waals surface area contributed by atoms with Gasteiger partial charge in [-0.15, -0.1) is 0 Å². The van der Waals surface area contributed by atoms with Crippen LogP contribution >= 0.6 is 24.0 Å². The van der Waals surface area contributed by atoms with E-state index in [2.05, 4.69) is 24.1 Å². The number of carbonyl (C=O) groups is 1. The molecule has 1 N–H and O–H groups in total. The number of imidazole rings is 1. The van der Waals surface area contributed by atoms with Crippen LogP contribution < -0.4 is 5.32 Å². The van der Waals surface area contributed by atoms with E-state index in [0.29, 0.717) is 18.0 Å². The summed E-state index contributed by atoms with van der Waals surface area (Å²) in [6.45, 7) is 6.36. The van der Waals surface area contributed by atoms with Gasteiger partial charge in [0.05, 0.1) is 23.5 Å². The summed E-state index contributed by atoms with van der Waals surface area (Å²) in [5.74, 6) is 1.45. The average molecular weight is 413 g/mol. The Balaban J connectivity index is 1.77. The molecule has 5 nitrogen and oxygen atoms in total. The van der Waals surface area contributed by atoms with E-state index in [0.717, 1.165) is 34.3 Å². The zero-order valence-corrected chi connectivity index (χ0v) is 17.7. The van der Waals surface area contributed by atoms with Crippen LogP contribution in [0.3, 0.4) is 0 Å². The monoisotopic (exact) mass is 412 g/mol. The summed E-state index contributed by atoms with van der Waals surface area (Å²) in [5, 5.41) is 3.00. The highest BCUT2D eigenvalue weighted by molar-refractivity contribution is 8.22. The third-order valence-electron chi connectivity index (χ3n) is 4.51. The highest BCUT2D eigenvalue weighted by Crippen LogP contribution is 2.21. The first-order valence-corrected chi connectivity index (χ1v) is 10.7. The molecule has 0 saturated heterocycles. The van der Waals surface area contributed by atoms with Crippen LogP contribution in [-0.4, -0.2) is 37.8 Å². The summed E-state index contributed by atoms with van der Waals surface area (Å²) in [6, 6.07) is 17.2. The number of benzene rings is 2. The lowest BCUT2D eigenvalue weighted by Crippen LogP contribution is -2.28. The predicted octanol–water partition coefficient (Wildman–Crippen LogP) is 4.28. The normalized spacial score (nSPS) is 10.8. The Morgan fingerprint density at radius 3 is 2.50 bits per heavy atom. The molecular formula is C21H24N4OS2. The van der Waals surface area contributed by atoms with Crippen LogP contribution in [0.4, 0.5) is 0 Å². The molecule has 0 fully saturated rings. The second kappa shape index (κ2) is 9.71. The van der Waals surface area contributed by atoms with Crippen molar-refractivity contribution >= 4 is 45.2 Å². The summed E-state index contributed by atoms with van der Waals surface area (Å²) in [5.41, 5.74) is 2.56. The molecule has 1 aromatic heterocycles. The summed E-state index contributed by atoms with van der Waals surface area (Å²) < 4.78 is 2.92. The Kier molecular flexibility index (Phi) is 7.06. The predicted molar refractivity (Wildman–Crippen MR) is 120 cm³/mol. The maximum absolute atomic E-state index is 12.4. The number of carbonyl (C=O) groups excluding carboxylic acids is 1. The third kappa shape index (κ3) is 4.72. The number of nitrogens with zero attached hydrogens (tertiary/aromatic N) is 3. The molecule has 28 heavy (non-hydrogen) atoms. The lowest BCUT2D eigenvalue weighted by molar-refractivity contribution is 0.0942. The lowest BCUT2D eigenvalue weighted by atomic mass is 10.2. The number of amides is 1. The molecule has 1 heterocycles. The fourth-order valence-corrected chi connectivity index (χ4v) is 4.30. The second-order valence-corrected chi connectivity index (χ2v) is 7.81. The number of hydrogen-bond donors (Lipinski definition) is 1. The van der Waals surface area contributed by atoms with E-state index in [-0.39, 0.29) is 5.91 Å². The van der Waals surface area contributed by atoms with Gasteiger partial charge in [-0.2, -0.15) is 0 Å². The smallest absolute Gasteiger partial charge is 0.252 e. The van der Waals surface area contributed by atoms with E-state index in [1.807, 2.05) is 47.0 Å². The number of nitrogens with one attached hydrogen (secondary N) is 1. The molecule has 0 bridgehead atoms. The summed E-state index contributed by atoms with van der Waals surface area (Å²) in [7, 11) is 0. The minimum atomic E-state index is -0.101. The fourth-order valence-electron chi connectivity index (χ4n) is 2.95. The van der Waals surface area contributed by atoms with Crippen molar-refractivity contribution in [3.63, 3.8) is 0 Å². The Labute approximate surface area is 175 Å². The summed E-state index contributed by atoms with van der Waals surface area (Å²) in [4.78, 5) is 19.4. The van der Waals surface area contributed by atoms with Crippen LogP contribution in [0.2, 0.25) is 0 Å². The van der Waals surface area contributed by atoms with Crippen molar-refractivity contribution in [1.82, 2.24) is 19.8 Å². The molecule has 0 radical (unpaired) electrons. The molecule has 7 heteroatoms. The first-order valence-electron chi connectivity index (χ1n) is 9.33. The second-order valence-electron chi connectivity index (χ2n) is 6.20. The molecular weight excluding hydrogens is 388 g/mol. The number of thioether (sulfide) groups is 1. The molecule has 1 amide bonds. The average Bonchev–Trinajstić information content (AvgIpc) is 3.09. The molecule has 146 valence electrons. The molecule has 0 unspecified atom stereocenters. The van der Waals surface area contributed by atoms with E-state index in [4.69, 9.17) is 17.2 Å². The highest BCUT2D eigenvalue weighted by atomic mass is 32.2. The molecule has 0 atom stereocenters. The van der Waals surface area contributed by atoms with Gasteiger partial charge in [-0.1, -0.05) is 54.3 Å². The maximum atomic E-state index is 12.4. The number of para-hydroxylation sites is 2. The van der Waals surface area contributed by atoms with E-state index in [1.165, 1.54) is 0 Å². The van der Waals surface area contributed by atoms with Gasteiger partial charge in [0.1, 0.15) is 10.1 Å². The number of hydrogen-bond acceptors (Lipinski definition) is 4. The molecule has 0 aliphatic heterocycles. The topological polar surface area (TPSA) is 50.2 Å². The molecule has 0 spiro atoms. The van der Waals surface area contributed by atoms with Crippen molar-refractivity contribution in [1.29, 1.82) is 0 Å². The number of rotatable bonds is 7. The quantitative estimate of drug-likeness (QED) is 0.587. The van der Waals surface area contributed by atoms with Gasteiger partial charge < -0.3 is 14.8 Å². The van der Waals surface area contributed by atoms with Gasteiger partial charge >= 0.3 is 0 Å². The largest absolute Gasteiger partial charge is 0.358 e. The van der Waals surface area contributed by atoms with Crippen molar-refractivity contribution in [2.45, 2.75) is 26.3 Å². The SMILES string of the molecule is CCN(CC)C(=S)SCc1nc2ccccc2n1CNC(=O)c1ccccc1. The van der Waals surface area contributed by atoms with Gasteiger partial charge in [0.2, 0.25) is 0 Å². The van der Waals surface area contributed by atoms with Gasteiger partial charge in [-0.25, -0.2) is 4.98 Å². The third-order valence-corrected chi connectivity index (χ3v) is 6.03. The van der Waals surface area contributed by atoms with Crippen molar-refractivity contribution in [2.75, 3.05) is 13.1 Å². The first-order chi connectivity index (χ1) is 13.6. The Morgan fingerprint density at radius 2 is 1.79 bits per heavy atom. The molecule has 3 rings (SSSR count). The van der Waals surface area contributed by atoms with E-state index in [1.54, 1.807) is 23.9 Å². The first kappa shape index (κ1) is 20.4. The molecule has 0 saturated carbocycles. The zero-order valence-electron chi connectivity index (χ0n) is 16.1. The Hall–Kier alpha value is -2.38. The van der Waals surface area contributed by atoms with Crippen molar-refractivity contribution in [2.24, 2.45) is 0 Å². The highest BCUT2D eigenvalue weighted by Gasteiger charge is 2.14. The number of aromatic nitrogens is 2. The standard InChI is InChI=1S/C21H24N4OS2/c1-3-24(4-2)21(27)28-14-19-23-17-12-8-9-13-18(17)25(19)15-22-20(26)16-10-6-5-7-11-16/h5-13H,3-4,14-15H2,1-2H3,(H,22,26). The summed E-state index contributed by atoms with van der Waals surface area (Å²) in [6.07, 6.45) is 0. The van der Waals surface area contributed by atoms with Crippen LogP contribution in [0.5, 0.6) is 0 Å². The van der Waals surface area contributed by atoms with Gasteiger partial charge in [-0.3, -0.25) is 4.79 Å². The fraction of sp³-hybridized carbons (Fsp3) is 0.286. The van der Waals surface area contributed by atoms with E-state index < -0.39 is 0 Å². The Morgan fingerprint density at radius 1 is 1.11 bits per heavy atom.